The average molecular weight is 389 g/mol. The SMILES string of the molecule is Cc1cc(NCCc2c[nH]c3ccccc23)nc(NCCc2ccccc2F)n1. The van der Waals surface area contributed by atoms with Crippen molar-refractivity contribution in [2.75, 3.05) is 23.7 Å². The van der Waals surface area contributed by atoms with Crippen molar-refractivity contribution in [3.8, 4) is 0 Å². The molecule has 0 aliphatic rings. The van der Waals surface area contributed by atoms with E-state index in [0.717, 1.165) is 30.0 Å². The van der Waals surface area contributed by atoms with Gasteiger partial charge in [-0.25, -0.2) is 9.37 Å². The van der Waals surface area contributed by atoms with Gasteiger partial charge >= 0.3 is 0 Å². The molecule has 29 heavy (non-hydrogen) atoms. The number of fused-ring (bicyclic) bond motifs is 1. The smallest absolute Gasteiger partial charge is 0.224 e. The quantitative estimate of drug-likeness (QED) is 0.408. The van der Waals surface area contributed by atoms with Gasteiger partial charge in [0.1, 0.15) is 11.6 Å². The van der Waals surface area contributed by atoms with E-state index in [9.17, 15) is 4.39 Å². The Balaban J connectivity index is 1.33. The van der Waals surface area contributed by atoms with Gasteiger partial charge in [-0.05, 0) is 43.0 Å². The molecule has 5 nitrogen and oxygen atoms in total. The Morgan fingerprint density at radius 2 is 1.66 bits per heavy atom. The monoisotopic (exact) mass is 389 g/mol. The van der Waals surface area contributed by atoms with Crippen molar-refractivity contribution in [2.45, 2.75) is 19.8 Å². The van der Waals surface area contributed by atoms with E-state index in [1.807, 2.05) is 25.1 Å². The van der Waals surface area contributed by atoms with Gasteiger partial charge in [0.2, 0.25) is 5.95 Å². The van der Waals surface area contributed by atoms with Crippen LogP contribution in [0.2, 0.25) is 0 Å². The van der Waals surface area contributed by atoms with Gasteiger partial charge in [-0.15, -0.1) is 0 Å². The molecule has 4 aromatic rings. The Morgan fingerprint density at radius 1 is 0.897 bits per heavy atom. The molecule has 0 aliphatic heterocycles. The Morgan fingerprint density at radius 3 is 2.55 bits per heavy atom. The van der Waals surface area contributed by atoms with Crippen molar-refractivity contribution < 1.29 is 4.39 Å². The maximum atomic E-state index is 13.7. The normalized spacial score (nSPS) is 11.0. The molecule has 0 atom stereocenters. The summed E-state index contributed by atoms with van der Waals surface area (Å²) in [6.45, 7) is 3.28. The van der Waals surface area contributed by atoms with Crippen molar-refractivity contribution in [2.24, 2.45) is 0 Å². The van der Waals surface area contributed by atoms with Gasteiger partial charge in [-0.1, -0.05) is 36.4 Å². The highest BCUT2D eigenvalue weighted by molar-refractivity contribution is 5.83. The van der Waals surface area contributed by atoms with E-state index in [-0.39, 0.29) is 5.82 Å². The Kier molecular flexibility index (Phi) is 5.70. The standard InChI is InChI=1S/C23H24FN5/c1-16-14-22(25-12-11-18-15-27-21-9-5-3-7-19(18)21)29-23(28-16)26-13-10-17-6-2-4-8-20(17)24/h2-9,14-15,27H,10-13H2,1H3,(H2,25,26,28,29). The summed E-state index contributed by atoms with van der Waals surface area (Å²) in [6, 6.07) is 17.1. The van der Waals surface area contributed by atoms with Crippen LogP contribution in [-0.4, -0.2) is 28.0 Å². The van der Waals surface area contributed by atoms with Crippen LogP contribution in [0.5, 0.6) is 0 Å². The van der Waals surface area contributed by atoms with E-state index in [1.54, 1.807) is 12.1 Å². The fourth-order valence-electron chi connectivity index (χ4n) is 3.41. The molecule has 3 N–H and O–H groups in total. The molecular formula is C23H24FN5. The lowest BCUT2D eigenvalue weighted by molar-refractivity contribution is 0.610. The summed E-state index contributed by atoms with van der Waals surface area (Å²) in [7, 11) is 0. The van der Waals surface area contributed by atoms with Crippen LogP contribution in [0.25, 0.3) is 10.9 Å². The Bertz CT molecular complexity index is 1110. The Labute approximate surface area is 169 Å². The summed E-state index contributed by atoms with van der Waals surface area (Å²) in [6.07, 6.45) is 3.53. The molecule has 0 radical (unpaired) electrons. The summed E-state index contributed by atoms with van der Waals surface area (Å²) in [5.41, 5.74) is 4.00. The minimum absolute atomic E-state index is 0.181. The highest BCUT2D eigenvalue weighted by Crippen LogP contribution is 2.18. The van der Waals surface area contributed by atoms with Crippen molar-refractivity contribution >= 4 is 22.7 Å². The van der Waals surface area contributed by atoms with E-state index in [0.29, 0.717) is 24.5 Å². The lowest BCUT2D eigenvalue weighted by Crippen LogP contribution is -2.12. The second kappa shape index (κ2) is 8.73. The maximum absolute atomic E-state index is 13.7. The van der Waals surface area contributed by atoms with Gasteiger partial charge in [-0.3, -0.25) is 0 Å². The molecule has 0 unspecified atom stereocenters. The van der Waals surface area contributed by atoms with Crippen LogP contribution in [0, 0.1) is 12.7 Å². The first-order valence-corrected chi connectivity index (χ1v) is 9.81. The molecule has 2 aromatic heterocycles. The number of aryl methyl sites for hydroxylation is 1. The van der Waals surface area contributed by atoms with Gasteiger partial charge in [0, 0.05) is 41.9 Å². The third-order valence-corrected chi connectivity index (χ3v) is 4.86. The molecule has 6 heteroatoms. The van der Waals surface area contributed by atoms with Crippen LogP contribution in [0.4, 0.5) is 16.2 Å². The number of hydrogen-bond donors (Lipinski definition) is 3. The number of H-pyrrole nitrogens is 1. The zero-order valence-corrected chi connectivity index (χ0v) is 16.4. The molecule has 2 aromatic carbocycles. The fraction of sp³-hybridized carbons (Fsp3) is 0.217. The molecule has 2 heterocycles. The van der Waals surface area contributed by atoms with Crippen LogP contribution < -0.4 is 10.6 Å². The van der Waals surface area contributed by atoms with E-state index in [1.165, 1.54) is 17.0 Å². The third-order valence-electron chi connectivity index (χ3n) is 4.86. The summed E-state index contributed by atoms with van der Waals surface area (Å²) in [5, 5.41) is 7.83. The molecule has 0 amide bonds. The van der Waals surface area contributed by atoms with Gasteiger partial charge in [-0.2, -0.15) is 4.98 Å². The minimum atomic E-state index is -0.181. The van der Waals surface area contributed by atoms with Crippen molar-refractivity contribution in [3.05, 3.63) is 83.4 Å². The first-order chi connectivity index (χ1) is 14.2. The summed E-state index contributed by atoms with van der Waals surface area (Å²) < 4.78 is 13.7. The molecule has 0 fully saturated rings. The van der Waals surface area contributed by atoms with Gasteiger partial charge in [0.15, 0.2) is 0 Å². The van der Waals surface area contributed by atoms with Crippen LogP contribution in [0.15, 0.2) is 60.8 Å². The van der Waals surface area contributed by atoms with Crippen LogP contribution in [-0.2, 0) is 12.8 Å². The van der Waals surface area contributed by atoms with Crippen molar-refractivity contribution in [3.63, 3.8) is 0 Å². The molecule has 4 rings (SSSR count). The Hall–Kier alpha value is -3.41. The summed E-state index contributed by atoms with van der Waals surface area (Å²) >= 11 is 0. The second-order valence-corrected chi connectivity index (χ2v) is 7.02. The number of benzene rings is 2. The van der Waals surface area contributed by atoms with E-state index in [4.69, 9.17) is 0 Å². The highest BCUT2D eigenvalue weighted by Gasteiger charge is 2.06. The van der Waals surface area contributed by atoms with Crippen molar-refractivity contribution in [1.29, 1.82) is 0 Å². The molecule has 0 aliphatic carbocycles. The molecule has 0 bridgehead atoms. The maximum Gasteiger partial charge on any atom is 0.224 e. The fourth-order valence-corrected chi connectivity index (χ4v) is 3.41. The number of para-hydroxylation sites is 1. The van der Waals surface area contributed by atoms with Crippen LogP contribution >= 0.6 is 0 Å². The molecule has 0 saturated carbocycles. The van der Waals surface area contributed by atoms with E-state index in [2.05, 4.69) is 50.0 Å². The molecule has 148 valence electrons. The number of rotatable bonds is 8. The topological polar surface area (TPSA) is 65.6 Å². The number of halogens is 1. The largest absolute Gasteiger partial charge is 0.370 e. The number of anilines is 2. The zero-order valence-electron chi connectivity index (χ0n) is 16.4. The average Bonchev–Trinajstić information content (AvgIpc) is 3.12. The predicted molar refractivity (Wildman–Crippen MR) is 116 cm³/mol. The lowest BCUT2D eigenvalue weighted by Gasteiger charge is -2.10. The minimum Gasteiger partial charge on any atom is -0.370 e. The zero-order chi connectivity index (χ0) is 20.1. The van der Waals surface area contributed by atoms with Crippen LogP contribution in [0.3, 0.4) is 0 Å². The van der Waals surface area contributed by atoms with Crippen molar-refractivity contribution in [1.82, 2.24) is 15.0 Å². The molecular weight excluding hydrogens is 365 g/mol. The lowest BCUT2D eigenvalue weighted by atomic mass is 10.1. The second-order valence-electron chi connectivity index (χ2n) is 7.02. The van der Waals surface area contributed by atoms with E-state index < -0.39 is 0 Å². The number of nitrogens with one attached hydrogen (secondary N) is 3. The van der Waals surface area contributed by atoms with Gasteiger partial charge < -0.3 is 15.6 Å². The predicted octanol–water partition coefficient (Wildman–Crippen LogP) is 4.71. The molecule has 0 saturated heterocycles. The number of aromatic nitrogens is 3. The van der Waals surface area contributed by atoms with Gasteiger partial charge in [0.05, 0.1) is 0 Å². The van der Waals surface area contributed by atoms with Crippen LogP contribution in [0.1, 0.15) is 16.8 Å². The first-order valence-electron chi connectivity index (χ1n) is 9.81. The molecule has 0 spiro atoms. The number of nitrogens with zero attached hydrogens (tertiary/aromatic N) is 2. The third kappa shape index (κ3) is 4.71. The first kappa shape index (κ1) is 18.9. The number of aromatic amines is 1. The van der Waals surface area contributed by atoms with E-state index >= 15 is 0 Å². The summed E-state index contributed by atoms with van der Waals surface area (Å²) in [5.74, 6) is 1.15. The van der Waals surface area contributed by atoms with Gasteiger partial charge in [0.25, 0.3) is 0 Å². The summed E-state index contributed by atoms with van der Waals surface area (Å²) in [4.78, 5) is 12.3. The highest BCUT2D eigenvalue weighted by atomic mass is 19.1. The number of hydrogen-bond acceptors (Lipinski definition) is 4.